The summed E-state index contributed by atoms with van der Waals surface area (Å²) in [6, 6.07) is 63.4. The van der Waals surface area contributed by atoms with Gasteiger partial charge in [0.2, 0.25) is 5.69 Å². The molecule has 0 amide bonds. The number of benzene rings is 9. The van der Waals surface area contributed by atoms with Crippen LogP contribution in [0.1, 0.15) is 5.56 Å². The molecule has 0 atom stereocenters. The van der Waals surface area contributed by atoms with Gasteiger partial charge in [0, 0.05) is 44.3 Å². The molecule has 12 rings (SSSR count). The Morgan fingerprint density at radius 1 is 0.433 bits per heavy atom. The summed E-state index contributed by atoms with van der Waals surface area (Å²) < 4.78 is 4.53. The lowest BCUT2D eigenvalue weighted by Crippen LogP contribution is -2.08. The highest BCUT2D eigenvalue weighted by Crippen LogP contribution is 2.53. The third-order valence-electron chi connectivity index (χ3n) is 12.2. The summed E-state index contributed by atoms with van der Waals surface area (Å²) >= 11 is 0. The van der Waals surface area contributed by atoms with Crippen LogP contribution in [0.15, 0.2) is 188 Å². The average molecular weight is 762 g/mol. The number of nitrogens with zero attached hydrogens (tertiary/aromatic N) is 5. The van der Waals surface area contributed by atoms with Crippen LogP contribution in [-0.2, 0) is 0 Å². The second-order valence-electron chi connectivity index (χ2n) is 15.2. The lowest BCUT2D eigenvalue weighted by molar-refractivity contribution is 1.13. The molecule has 0 unspecified atom stereocenters. The highest BCUT2D eigenvalue weighted by Gasteiger charge is 2.32. The summed E-state index contributed by atoms with van der Waals surface area (Å²) in [6.45, 7) is 9.14. The molecule has 0 bridgehead atoms. The van der Waals surface area contributed by atoms with Crippen molar-refractivity contribution in [2.24, 2.45) is 0 Å². The van der Waals surface area contributed by atoms with Gasteiger partial charge in [-0.25, -0.2) is 4.85 Å². The minimum atomic E-state index is 0.400. The average Bonchev–Trinajstić information content (AvgIpc) is 3.84. The lowest BCUT2D eigenvalue weighted by Gasteiger charge is -2.25. The van der Waals surface area contributed by atoms with Crippen LogP contribution in [0.25, 0.3) is 115 Å². The Kier molecular flexibility index (Phi) is 7.29. The SMILES string of the molecule is [C-]#[N+]c1c(-c2ccccc2)c(C#N)c(-n2c3ccccc3c3ccc(-c4ccccc4)cc32)c(-c2ccccc2)c1-n1c2cccc3c4ccccc4c4cncc1c4c32. The molecule has 0 spiro atoms. The van der Waals surface area contributed by atoms with Crippen molar-refractivity contribution in [3.63, 3.8) is 0 Å². The van der Waals surface area contributed by atoms with Gasteiger partial charge in [0.15, 0.2) is 0 Å². The number of aromatic nitrogens is 3. The van der Waals surface area contributed by atoms with Crippen molar-refractivity contribution in [3.05, 3.63) is 205 Å². The predicted molar refractivity (Wildman–Crippen MR) is 246 cm³/mol. The maximum absolute atomic E-state index is 11.7. The Morgan fingerprint density at radius 3 is 1.68 bits per heavy atom. The van der Waals surface area contributed by atoms with Crippen LogP contribution in [0.2, 0.25) is 0 Å². The van der Waals surface area contributed by atoms with E-state index in [1.54, 1.807) is 0 Å². The molecule has 0 saturated carbocycles. The molecule has 0 aliphatic carbocycles. The second kappa shape index (κ2) is 13.0. The fourth-order valence-electron chi connectivity index (χ4n) is 9.78. The molecular formula is C55H31N5. The standard InChI is InChI=1S/C55H31N5/c1-57-53-49(35-18-7-3-8-19-35)43(31-56)54(59-45-26-14-13-24-40(45)41-29-28-37(30-47(41)59)34-16-5-2-6-17-34)50(36-20-9-4-10-21-36)55(53)60-46-27-15-25-42-38-22-11-12-23-39(38)44-32-58-33-48(60)52(44)51(42)46/h2-30,32-33H. The van der Waals surface area contributed by atoms with Crippen LogP contribution in [0.5, 0.6) is 0 Å². The van der Waals surface area contributed by atoms with Crippen molar-refractivity contribution >= 4 is 70.8 Å². The molecule has 0 N–H and O–H groups in total. The van der Waals surface area contributed by atoms with E-state index in [0.717, 1.165) is 98.7 Å². The Morgan fingerprint density at radius 2 is 0.983 bits per heavy atom. The molecule has 0 radical (unpaired) electrons. The van der Waals surface area contributed by atoms with E-state index >= 15 is 0 Å². The molecule has 5 heteroatoms. The Hall–Kier alpha value is -8.51. The molecule has 0 saturated heterocycles. The van der Waals surface area contributed by atoms with Crippen LogP contribution < -0.4 is 0 Å². The van der Waals surface area contributed by atoms with Gasteiger partial charge < -0.3 is 9.13 Å². The number of pyridine rings is 1. The molecule has 3 aromatic heterocycles. The van der Waals surface area contributed by atoms with E-state index in [1.165, 1.54) is 0 Å². The van der Waals surface area contributed by atoms with Crippen LogP contribution >= 0.6 is 0 Å². The summed E-state index contributed by atoms with van der Waals surface area (Å²) in [5.41, 5.74) is 11.3. The zero-order chi connectivity index (χ0) is 39.9. The minimum absolute atomic E-state index is 0.400. The lowest BCUT2D eigenvalue weighted by atomic mass is 9.88. The Bertz CT molecular complexity index is 3680. The fraction of sp³-hybridized carbons (Fsp3) is 0. The van der Waals surface area contributed by atoms with Gasteiger partial charge >= 0.3 is 0 Å². The third-order valence-corrected chi connectivity index (χ3v) is 12.2. The van der Waals surface area contributed by atoms with Gasteiger partial charge in [-0.05, 0) is 56.6 Å². The maximum Gasteiger partial charge on any atom is 0.220 e. The van der Waals surface area contributed by atoms with Gasteiger partial charge in [-0.1, -0.05) is 158 Å². The van der Waals surface area contributed by atoms with E-state index in [0.29, 0.717) is 22.5 Å². The van der Waals surface area contributed by atoms with Crippen molar-refractivity contribution in [1.29, 1.82) is 5.26 Å². The molecule has 60 heavy (non-hydrogen) atoms. The van der Waals surface area contributed by atoms with E-state index in [9.17, 15) is 5.26 Å². The maximum atomic E-state index is 11.7. The first-order valence-corrected chi connectivity index (χ1v) is 20.0. The monoisotopic (exact) mass is 761 g/mol. The molecule has 3 heterocycles. The number of hydrogen-bond acceptors (Lipinski definition) is 2. The van der Waals surface area contributed by atoms with Gasteiger partial charge in [0.05, 0.1) is 51.8 Å². The molecule has 5 nitrogen and oxygen atoms in total. The van der Waals surface area contributed by atoms with Crippen LogP contribution in [0, 0.1) is 17.9 Å². The highest BCUT2D eigenvalue weighted by molar-refractivity contribution is 6.34. The van der Waals surface area contributed by atoms with Crippen LogP contribution in [0.3, 0.4) is 0 Å². The van der Waals surface area contributed by atoms with E-state index in [-0.39, 0.29) is 0 Å². The van der Waals surface area contributed by atoms with Gasteiger partial charge in [-0.3, -0.25) is 4.98 Å². The number of nitriles is 1. The molecule has 276 valence electrons. The van der Waals surface area contributed by atoms with Crippen LogP contribution in [0.4, 0.5) is 5.69 Å². The van der Waals surface area contributed by atoms with Gasteiger partial charge in [0.25, 0.3) is 0 Å². The van der Waals surface area contributed by atoms with Gasteiger partial charge in [-0.15, -0.1) is 0 Å². The van der Waals surface area contributed by atoms with Crippen molar-refractivity contribution in [2.45, 2.75) is 0 Å². The number of rotatable bonds is 5. The van der Waals surface area contributed by atoms with Crippen molar-refractivity contribution in [3.8, 4) is 50.8 Å². The van der Waals surface area contributed by atoms with Crippen molar-refractivity contribution in [2.75, 3.05) is 0 Å². The van der Waals surface area contributed by atoms with E-state index in [1.807, 2.05) is 67.0 Å². The quantitative estimate of drug-likeness (QED) is 0.130. The largest absolute Gasteiger partial charge is 0.317 e. The second-order valence-corrected chi connectivity index (χ2v) is 15.2. The fourth-order valence-corrected chi connectivity index (χ4v) is 9.78. The van der Waals surface area contributed by atoms with Crippen molar-refractivity contribution in [1.82, 2.24) is 14.1 Å². The van der Waals surface area contributed by atoms with Gasteiger partial charge in [0.1, 0.15) is 6.07 Å². The molecule has 0 aliphatic rings. The molecule has 0 aliphatic heterocycles. The van der Waals surface area contributed by atoms with Crippen LogP contribution in [-0.4, -0.2) is 14.1 Å². The Labute approximate surface area is 345 Å². The summed E-state index contributed by atoms with van der Waals surface area (Å²) in [5, 5.41) is 20.5. The number of hydrogen-bond donors (Lipinski definition) is 0. The summed E-state index contributed by atoms with van der Waals surface area (Å²) in [5.74, 6) is 0. The number of para-hydroxylation sites is 1. The minimum Gasteiger partial charge on any atom is -0.317 e. The van der Waals surface area contributed by atoms with E-state index in [4.69, 9.17) is 11.6 Å². The van der Waals surface area contributed by atoms with Gasteiger partial charge in [-0.2, -0.15) is 5.26 Å². The smallest absolute Gasteiger partial charge is 0.220 e. The normalized spacial score (nSPS) is 11.6. The summed E-state index contributed by atoms with van der Waals surface area (Å²) in [6.07, 6.45) is 3.91. The topological polar surface area (TPSA) is 50.9 Å². The first-order valence-electron chi connectivity index (χ1n) is 20.0. The summed E-state index contributed by atoms with van der Waals surface area (Å²) in [4.78, 5) is 9.36. The predicted octanol–water partition coefficient (Wildman–Crippen LogP) is 14.4. The Balaban J connectivity index is 1.36. The molecule has 9 aromatic carbocycles. The molecule has 0 fully saturated rings. The summed E-state index contributed by atoms with van der Waals surface area (Å²) in [7, 11) is 0. The molecular weight excluding hydrogens is 731 g/mol. The first kappa shape index (κ1) is 33.6. The van der Waals surface area contributed by atoms with E-state index < -0.39 is 0 Å². The highest BCUT2D eigenvalue weighted by atomic mass is 15.0. The third kappa shape index (κ3) is 4.63. The zero-order valence-electron chi connectivity index (χ0n) is 32.1. The van der Waals surface area contributed by atoms with Crippen molar-refractivity contribution < 1.29 is 0 Å². The molecule has 12 aromatic rings. The number of fused-ring (bicyclic) bond motifs is 6. The first-order chi connectivity index (χ1) is 29.7. The zero-order valence-corrected chi connectivity index (χ0v) is 32.1. The van der Waals surface area contributed by atoms with E-state index in [2.05, 4.69) is 141 Å².